The second-order valence-electron chi connectivity index (χ2n) is 7.41. The van der Waals surface area contributed by atoms with Gasteiger partial charge < -0.3 is 15.0 Å². The lowest BCUT2D eigenvalue weighted by atomic mass is 9.96. The van der Waals surface area contributed by atoms with Gasteiger partial charge in [0.1, 0.15) is 11.6 Å². The van der Waals surface area contributed by atoms with Crippen molar-refractivity contribution in [2.75, 3.05) is 43.6 Å². The zero-order chi connectivity index (χ0) is 21.5. The van der Waals surface area contributed by atoms with Crippen molar-refractivity contribution in [3.63, 3.8) is 0 Å². The topological polar surface area (TPSA) is 54.7 Å². The van der Waals surface area contributed by atoms with Crippen LogP contribution in [0, 0.1) is 13.8 Å². The Labute approximate surface area is 172 Å². The Morgan fingerprint density at radius 1 is 1.17 bits per heavy atom. The first-order chi connectivity index (χ1) is 14.3. The SMILES string of the molecule is CNc1cc(N2CCOCC2)nc2c(Cc3cccc(C(F)(F)F)c3C)c(C)nn12. The molecule has 3 heterocycles. The first kappa shape index (κ1) is 20.5. The maximum absolute atomic E-state index is 13.3. The van der Waals surface area contributed by atoms with Crippen molar-refractivity contribution in [2.24, 2.45) is 0 Å². The molecule has 4 rings (SSSR count). The van der Waals surface area contributed by atoms with E-state index < -0.39 is 11.7 Å². The van der Waals surface area contributed by atoms with Crippen molar-refractivity contribution in [1.29, 1.82) is 0 Å². The van der Waals surface area contributed by atoms with Gasteiger partial charge in [-0.25, -0.2) is 4.98 Å². The van der Waals surface area contributed by atoms with Crippen LogP contribution in [0.4, 0.5) is 24.8 Å². The molecule has 1 fully saturated rings. The molecule has 0 saturated carbocycles. The minimum Gasteiger partial charge on any atom is -0.378 e. The van der Waals surface area contributed by atoms with Crippen LogP contribution in [0.1, 0.15) is 27.9 Å². The Kier molecular flexibility index (Phi) is 5.31. The molecule has 160 valence electrons. The average molecular weight is 419 g/mol. The number of alkyl halides is 3. The molecule has 0 radical (unpaired) electrons. The molecule has 0 amide bonds. The molecule has 0 aliphatic carbocycles. The van der Waals surface area contributed by atoms with Crippen LogP contribution in [0.25, 0.3) is 5.65 Å². The second kappa shape index (κ2) is 7.79. The number of rotatable bonds is 4. The maximum atomic E-state index is 13.3. The molecule has 3 aromatic rings. The van der Waals surface area contributed by atoms with Gasteiger partial charge in [0.25, 0.3) is 0 Å². The summed E-state index contributed by atoms with van der Waals surface area (Å²) in [6.07, 6.45) is -4.05. The van der Waals surface area contributed by atoms with Crippen LogP contribution in [0.3, 0.4) is 0 Å². The van der Waals surface area contributed by atoms with Crippen LogP contribution in [0.15, 0.2) is 24.3 Å². The molecule has 1 aromatic carbocycles. The van der Waals surface area contributed by atoms with Crippen LogP contribution in [-0.2, 0) is 17.3 Å². The fraction of sp³-hybridized carbons (Fsp3) is 0.429. The van der Waals surface area contributed by atoms with Gasteiger partial charge in [0.05, 0.1) is 24.5 Å². The summed E-state index contributed by atoms with van der Waals surface area (Å²) in [5, 5.41) is 7.74. The van der Waals surface area contributed by atoms with Crippen molar-refractivity contribution >= 4 is 17.3 Å². The van der Waals surface area contributed by atoms with Crippen LogP contribution in [0.5, 0.6) is 0 Å². The number of halogens is 3. The number of anilines is 2. The van der Waals surface area contributed by atoms with E-state index in [1.807, 2.05) is 20.0 Å². The predicted octanol–water partition coefficient (Wildman–Crippen LogP) is 3.83. The summed E-state index contributed by atoms with van der Waals surface area (Å²) in [7, 11) is 1.81. The van der Waals surface area contributed by atoms with Crippen molar-refractivity contribution in [1.82, 2.24) is 14.6 Å². The van der Waals surface area contributed by atoms with E-state index in [0.717, 1.165) is 42.0 Å². The lowest BCUT2D eigenvalue weighted by Gasteiger charge is -2.28. The standard InChI is InChI=1S/C21H24F3N5O/c1-13-15(5-4-6-17(13)21(22,23)24)11-16-14(2)27-29-18(25-3)12-19(26-20(16)29)28-7-9-30-10-8-28/h4-6,12,25H,7-11H2,1-3H3. The smallest absolute Gasteiger partial charge is 0.378 e. The quantitative estimate of drug-likeness (QED) is 0.697. The average Bonchev–Trinajstić information content (AvgIpc) is 3.04. The second-order valence-corrected chi connectivity index (χ2v) is 7.41. The summed E-state index contributed by atoms with van der Waals surface area (Å²) >= 11 is 0. The van der Waals surface area contributed by atoms with Crippen LogP contribution >= 0.6 is 0 Å². The summed E-state index contributed by atoms with van der Waals surface area (Å²) in [4.78, 5) is 6.98. The minimum absolute atomic E-state index is 0.238. The molecular formula is C21H24F3N5O. The third-order valence-electron chi connectivity index (χ3n) is 5.58. The molecule has 6 nitrogen and oxygen atoms in total. The van der Waals surface area contributed by atoms with E-state index in [-0.39, 0.29) is 5.56 Å². The Morgan fingerprint density at radius 2 is 1.90 bits per heavy atom. The van der Waals surface area contributed by atoms with E-state index in [1.54, 1.807) is 10.6 Å². The van der Waals surface area contributed by atoms with Crippen LogP contribution in [-0.4, -0.2) is 47.9 Å². The number of nitrogens with one attached hydrogen (secondary N) is 1. The van der Waals surface area contributed by atoms with E-state index in [2.05, 4.69) is 15.3 Å². The monoisotopic (exact) mass is 419 g/mol. The molecular weight excluding hydrogens is 395 g/mol. The molecule has 1 aliphatic rings. The molecule has 1 N–H and O–H groups in total. The molecule has 2 aromatic heterocycles. The number of aryl methyl sites for hydroxylation is 1. The van der Waals surface area contributed by atoms with Gasteiger partial charge in [-0.3, -0.25) is 0 Å². The van der Waals surface area contributed by atoms with E-state index in [0.29, 0.717) is 30.8 Å². The third-order valence-corrected chi connectivity index (χ3v) is 5.58. The third kappa shape index (κ3) is 3.69. The van der Waals surface area contributed by atoms with Gasteiger partial charge in [-0.05, 0) is 31.0 Å². The molecule has 30 heavy (non-hydrogen) atoms. The molecule has 1 aliphatic heterocycles. The summed E-state index contributed by atoms with van der Waals surface area (Å²) in [5.41, 5.74) is 2.47. The fourth-order valence-corrected chi connectivity index (χ4v) is 3.87. The Morgan fingerprint density at radius 3 is 2.57 bits per heavy atom. The van der Waals surface area contributed by atoms with Crippen molar-refractivity contribution in [3.05, 3.63) is 52.2 Å². The van der Waals surface area contributed by atoms with Crippen LogP contribution < -0.4 is 10.2 Å². The summed E-state index contributed by atoms with van der Waals surface area (Å²) in [6, 6.07) is 6.25. The number of benzene rings is 1. The highest BCUT2D eigenvalue weighted by atomic mass is 19.4. The lowest BCUT2D eigenvalue weighted by molar-refractivity contribution is -0.138. The first-order valence-corrected chi connectivity index (χ1v) is 9.85. The molecule has 0 bridgehead atoms. The Bertz CT molecular complexity index is 1070. The zero-order valence-electron chi connectivity index (χ0n) is 17.2. The lowest BCUT2D eigenvalue weighted by Crippen LogP contribution is -2.36. The Balaban J connectivity index is 1.81. The van der Waals surface area contributed by atoms with Gasteiger partial charge in [0, 0.05) is 38.2 Å². The van der Waals surface area contributed by atoms with Gasteiger partial charge in [-0.15, -0.1) is 0 Å². The molecule has 9 heteroatoms. The normalized spacial score (nSPS) is 15.1. The highest BCUT2D eigenvalue weighted by Crippen LogP contribution is 2.34. The fourth-order valence-electron chi connectivity index (χ4n) is 3.87. The largest absolute Gasteiger partial charge is 0.416 e. The predicted molar refractivity (Wildman–Crippen MR) is 109 cm³/mol. The van der Waals surface area contributed by atoms with Gasteiger partial charge in [0.2, 0.25) is 0 Å². The molecule has 0 atom stereocenters. The van der Waals surface area contributed by atoms with Gasteiger partial charge in [-0.1, -0.05) is 12.1 Å². The number of aromatic nitrogens is 3. The van der Waals surface area contributed by atoms with Gasteiger partial charge in [-0.2, -0.15) is 22.8 Å². The number of fused-ring (bicyclic) bond motifs is 1. The van der Waals surface area contributed by atoms with Crippen molar-refractivity contribution < 1.29 is 17.9 Å². The first-order valence-electron chi connectivity index (χ1n) is 9.85. The van der Waals surface area contributed by atoms with E-state index in [1.165, 1.54) is 13.0 Å². The van der Waals surface area contributed by atoms with Gasteiger partial charge >= 0.3 is 6.18 Å². The number of hydrogen-bond acceptors (Lipinski definition) is 5. The van der Waals surface area contributed by atoms with Crippen molar-refractivity contribution in [2.45, 2.75) is 26.4 Å². The summed E-state index contributed by atoms with van der Waals surface area (Å²) in [5.74, 6) is 1.58. The summed E-state index contributed by atoms with van der Waals surface area (Å²) < 4.78 is 47.2. The number of morpholine rings is 1. The van der Waals surface area contributed by atoms with Gasteiger partial charge in [0.15, 0.2) is 5.65 Å². The summed E-state index contributed by atoms with van der Waals surface area (Å²) in [6.45, 7) is 6.13. The van der Waals surface area contributed by atoms with E-state index in [4.69, 9.17) is 9.72 Å². The van der Waals surface area contributed by atoms with Crippen LogP contribution in [0.2, 0.25) is 0 Å². The number of nitrogens with zero attached hydrogens (tertiary/aromatic N) is 4. The number of ether oxygens (including phenoxy) is 1. The van der Waals surface area contributed by atoms with E-state index >= 15 is 0 Å². The molecule has 0 spiro atoms. The minimum atomic E-state index is -4.38. The zero-order valence-corrected chi connectivity index (χ0v) is 17.2. The van der Waals surface area contributed by atoms with Crippen molar-refractivity contribution in [3.8, 4) is 0 Å². The van der Waals surface area contributed by atoms with E-state index in [9.17, 15) is 13.2 Å². The maximum Gasteiger partial charge on any atom is 0.416 e. The highest BCUT2D eigenvalue weighted by molar-refractivity contribution is 5.63. The number of hydrogen-bond donors (Lipinski definition) is 1. The highest BCUT2D eigenvalue weighted by Gasteiger charge is 2.33. The Hall–Kier alpha value is -2.81. The molecule has 1 saturated heterocycles. The molecule has 0 unspecified atom stereocenters.